The van der Waals surface area contributed by atoms with Crippen LogP contribution in [0.25, 0.3) is 0 Å². The Morgan fingerprint density at radius 2 is 2.00 bits per heavy atom. The van der Waals surface area contributed by atoms with Crippen molar-refractivity contribution in [2.75, 3.05) is 18.5 Å². The Kier molecular flexibility index (Phi) is 7.14. The zero-order valence-corrected chi connectivity index (χ0v) is 13.2. The summed E-state index contributed by atoms with van der Waals surface area (Å²) in [6.07, 6.45) is 1.02. The highest BCUT2D eigenvalue weighted by atomic mass is 79.9. The molecule has 0 saturated carbocycles. The molecule has 7 heteroatoms. The maximum Gasteiger partial charge on any atom is 0.334 e. The second-order valence-corrected chi connectivity index (χ2v) is 4.28. The summed E-state index contributed by atoms with van der Waals surface area (Å²) >= 11 is 3.07. The smallest absolute Gasteiger partial charge is 0.334 e. The Hall–Kier alpha value is -1.63. The number of hydrogen-bond acceptors (Lipinski definition) is 4. The number of halogens is 3. The minimum atomic E-state index is -0.965. The number of alkyl halides is 1. The van der Waals surface area contributed by atoms with Crippen LogP contribution < -0.4 is 9.47 Å². The van der Waals surface area contributed by atoms with Crippen LogP contribution in [0.4, 0.5) is 8.78 Å². The van der Waals surface area contributed by atoms with Crippen molar-refractivity contribution < 1.29 is 27.8 Å². The van der Waals surface area contributed by atoms with Crippen LogP contribution in [0.1, 0.15) is 13.8 Å². The first-order valence-corrected chi connectivity index (χ1v) is 7.37. The molecule has 0 atom stereocenters. The van der Waals surface area contributed by atoms with Crippen LogP contribution in [0.2, 0.25) is 0 Å². The zero-order valence-electron chi connectivity index (χ0n) is 11.6. The lowest BCUT2D eigenvalue weighted by atomic mass is 10.3. The summed E-state index contributed by atoms with van der Waals surface area (Å²) in [5, 5.41) is 0.0869. The minimum absolute atomic E-state index is 0.0138. The third-order valence-electron chi connectivity index (χ3n) is 2.24. The summed E-state index contributed by atoms with van der Waals surface area (Å²) in [5.41, 5.74) is 0. The predicted molar refractivity (Wildman–Crippen MR) is 76.7 cm³/mol. The van der Waals surface area contributed by atoms with Gasteiger partial charge in [-0.1, -0.05) is 15.9 Å². The van der Waals surface area contributed by atoms with E-state index in [1.165, 1.54) is 6.07 Å². The Labute approximate surface area is 129 Å². The van der Waals surface area contributed by atoms with E-state index in [2.05, 4.69) is 15.9 Å². The van der Waals surface area contributed by atoms with E-state index < -0.39 is 23.4 Å². The highest BCUT2D eigenvalue weighted by molar-refractivity contribution is 9.09. The topological polar surface area (TPSA) is 44.8 Å². The Balaban J connectivity index is 3.04. The number of hydrogen-bond donors (Lipinski definition) is 0. The highest BCUT2D eigenvalue weighted by Crippen LogP contribution is 2.31. The van der Waals surface area contributed by atoms with Crippen molar-refractivity contribution in [2.24, 2.45) is 0 Å². The summed E-state index contributed by atoms with van der Waals surface area (Å²) in [7, 11) is 0. The average molecular weight is 365 g/mol. The van der Waals surface area contributed by atoms with E-state index in [1.807, 2.05) is 0 Å². The molecule has 0 aliphatic carbocycles. The number of ether oxygens (including phenoxy) is 3. The molecule has 1 aromatic rings. The molecule has 0 radical (unpaired) electrons. The van der Waals surface area contributed by atoms with E-state index >= 15 is 0 Å². The molecule has 0 unspecified atom stereocenters. The van der Waals surface area contributed by atoms with Crippen molar-refractivity contribution in [3.05, 3.63) is 35.6 Å². The normalized spacial score (nSPS) is 11.2. The van der Waals surface area contributed by atoms with Crippen LogP contribution in [-0.4, -0.2) is 24.5 Å². The molecule has 116 valence electrons. The van der Waals surface area contributed by atoms with Crippen molar-refractivity contribution in [3.63, 3.8) is 0 Å². The van der Waals surface area contributed by atoms with Crippen molar-refractivity contribution in [1.82, 2.24) is 0 Å². The number of carbonyl (C=O) groups is 1. The van der Waals surface area contributed by atoms with E-state index in [1.54, 1.807) is 13.8 Å². The number of esters is 1. The van der Waals surface area contributed by atoms with Gasteiger partial charge in [-0.2, -0.15) is 4.39 Å². The molecule has 1 aromatic carbocycles. The van der Waals surface area contributed by atoms with E-state index in [-0.39, 0.29) is 30.1 Å². The van der Waals surface area contributed by atoms with Crippen LogP contribution in [0.5, 0.6) is 11.5 Å². The predicted octanol–water partition coefficient (Wildman–Crippen LogP) is 3.58. The van der Waals surface area contributed by atoms with Crippen LogP contribution in [0, 0.1) is 11.6 Å². The lowest BCUT2D eigenvalue weighted by Crippen LogP contribution is -2.07. The van der Waals surface area contributed by atoms with Gasteiger partial charge in [-0.15, -0.1) is 0 Å². The fraction of sp³-hybridized carbons (Fsp3) is 0.357. The van der Waals surface area contributed by atoms with E-state index in [9.17, 15) is 13.6 Å². The van der Waals surface area contributed by atoms with E-state index in [4.69, 9.17) is 14.2 Å². The highest BCUT2D eigenvalue weighted by Gasteiger charge is 2.18. The average Bonchev–Trinajstić information content (AvgIpc) is 2.45. The van der Waals surface area contributed by atoms with Gasteiger partial charge in [0, 0.05) is 0 Å². The lowest BCUT2D eigenvalue weighted by Gasteiger charge is -2.12. The number of benzene rings is 1. The first-order chi connectivity index (χ1) is 10.0. The van der Waals surface area contributed by atoms with Gasteiger partial charge in [-0.05, 0) is 26.0 Å². The van der Waals surface area contributed by atoms with Crippen LogP contribution in [-0.2, 0) is 9.53 Å². The maximum absolute atomic E-state index is 14.1. The third-order valence-corrected chi connectivity index (χ3v) is 2.80. The van der Waals surface area contributed by atoms with Gasteiger partial charge in [-0.25, -0.2) is 9.18 Å². The lowest BCUT2D eigenvalue weighted by molar-refractivity contribution is -0.137. The maximum atomic E-state index is 14.1. The molecule has 0 aromatic heterocycles. The first-order valence-electron chi connectivity index (χ1n) is 6.25. The third kappa shape index (κ3) is 5.00. The van der Waals surface area contributed by atoms with Crippen LogP contribution >= 0.6 is 15.9 Å². The Morgan fingerprint density at radius 3 is 2.57 bits per heavy atom. The molecule has 0 spiro atoms. The van der Waals surface area contributed by atoms with Crippen molar-refractivity contribution in [3.8, 4) is 11.5 Å². The summed E-state index contributed by atoms with van der Waals surface area (Å²) < 4.78 is 42.6. The Bertz CT molecular complexity index is 532. The van der Waals surface area contributed by atoms with E-state index in [0.29, 0.717) is 0 Å². The molecular weight excluding hydrogens is 350 g/mol. The van der Waals surface area contributed by atoms with Crippen molar-refractivity contribution in [1.29, 1.82) is 0 Å². The molecule has 0 saturated heterocycles. The fourth-order valence-electron chi connectivity index (χ4n) is 1.42. The van der Waals surface area contributed by atoms with Gasteiger partial charge < -0.3 is 14.2 Å². The van der Waals surface area contributed by atoms with Crippen molar-refractivity contribution >= 4 is 21.9 Å². The quantitative estimate of drug-likeness (QED) is 0.321. The van der Waals surface area contributed by atoms with E-state index in [0.717, 1.165) is 12.1 Å². The fourth-order valence-corrected chi connectivity index (χ4v) is 1.69. The molecule has 0 fully saturated rings. The summed E-state index contributed by atoms with van der Waals surface area (Å²) in [6, 6.07) is 2.20. The summed E-state index contributed by atoms with van der Waals surface area (Å²) in [4.78, 5) is 11.3. The van der Waals surface area contributed by atoms with Gasteiger partial charge in [0.1, 0.15) is 5.76 Å². The molecule has 0 heterocycles. The summed E-state index contributed by atoms with van der Waals surface area (Å²) in [5.74, 6) is -3.26. The van der Waals surface area contributed by atoms with Crippen molar-refractivity contribution in [2.45, 2.75) is 13.8 Å². The van der Waals surface area contributed by atoms with Gasteiger partial charge in [-0.3, -0.25) is 0 Å². The van der Waals surface area contributed by atoms with Gasteiger partial charge >= 0.3 is 5.97 Å². The molecule has 0 aliphatic rings. The molecule has 0 N–H and O–H groups in total. The van der Waals surface area contributed by atoms with Gasteiger partial charge in [0.25, 0.3) is 0 Å². The molecule has 1 rings (SSSR count). The Morgan fingerprint density at radius 1 is 1.29 bits per heavy atom. The molecule has 0 bridgehead atoms. The standard InChI is InChI=1S/C14H15BrF2O4/c1-3-19-11-6-5-10(16)14(13(11)17)21-9(8-15)7-12(18)20-4-2/h5-7H,3-4,8H2,1-2H3. The minimum Gasteiger partial charge on any atom is -0.491 e. The first kappa shape index (κ1) is 17.4. The van der Waals surface area contributed by atoms with Crippen LogP contribution in [0.15, 0.2) is 24.0 Å². The largest absolute Gasteiger partial charge is 0.491 e. The second-order valence-electron chi connectivity index (χ2n) is 3.72. The summed E-state index contributed by atoms with van der Waals surface area (Å²) in [6.45, 7) is 3.73. The molecule has 0 amide bonds. The molecular formula is C14H15BrF2O4. The number of carbonyl (C=O) groups excluding carboxylic acids is 1. The van der Waals surface area contributed by atoms with Gasteiger partial charge in [0.2, 0.25) is 11.6 Å². The van der Waals surface area contributed by atoms with Gasteiger partial charge in [0.15, 0.2) is 11.6 Å². The number of rotatable bonds is 7. The zero-order chi connectivity index (χ0) is 15.8. The molecule has 21 heavy (non-hydrogen) atoms. The van der Waals surface area contributed by atoms with Crippen LogP contribution in [0.3, 0.4) is 0 Å². The molecule has 0 aliphatic heterocycles. The second kappa shape index (κ2) is 8.61. The SMILES string of the molecule is CCOC(=O)C=C(CBr)Oc1c(F)ccc(OCC)c1F. The van der Waals surface area contributed by atoms with Gasteiger partial charge in [0.05, 0.1) is 24.6 Å². The number of allylic oxidation sites excluding steroid dienone is 1. The monoisotopic (exact) mass is 364 g/mol. The molecule has 4 nitrogen and oxygen atoms in total.